The molecule has 0 aliphatic carbocycles. The van der Waals surface area contributed by atoms with Crippen molar-refractivity contribution in [1.82, 2.24) is 19.8 Å². The van der Waals surface area contributed by atoms with Gasteiger partial charge < -0.3 is 14.5 Å². The van der Waals surface area contributed by atoms with E-state index in [-0.39, 0.29) is 17.8 Å². The van der Waals surface area contributed by atoms with Crippen molar-refractivity contribution < 1.29 is 13.9 Å². The van der Waals surface area contributed by atoms with E-state index in [0.717, 1.165) is 16.8 Å². The average molecular weight is 416 g/mol. The Kier molecular flexibility index (Phi) is 7.33. The van der Waals surface area contributed by atoms with Crippen LogP contribution < -0.4 is 4.90 Å². The minimum Gasteiger partial charge on any atom is -0.369 e. The number of nitrogens with zero attached hydrogens (tertiary/aromatic N) is 5. The molecule has 0 bridgehead atoms. The summed E-state index contributed by atoms with van der Waals surface area (Å²) in [6, 6.07) is 6.29. The molecule has 1 aliphatic rings. The fourth-order valence-corrected chi connectivity index (χ4v) is 3.58. The van der Waals surface area contributed by atoms with Gasteiger partial charge >= 0.3 is 0 Å². The van der Waals surface area contributed by atoms with Crippen LogP contribution in [0.4, 0.5) is 10.3 Å². The smallest absolute Gasteiger partial charge is 0.236 e. The van der Waals surface area contributed by atoms with Gasteiger partial charge in [0, 0.05) is 52.0 Å². The Morgan fingerprint density at radius 2 is 1.93 bits per heavy atom. The fourth-order valence-electron chi connectivity index (χ4n) is 3.58. The molecule has 3 rings (SSSR count). The summed E-state index contributed by atoms with van der Waals surface area (Å²) in [4.78, 5) is 27.5. The van der Waals surface area contributed by atoms with Crippen LogP contribution in [0.15, 0.2) is 30.5 Å². The summed E-state index contributed by atoms with van der Waals surface area (Å²) < 4.78 is 19.5. The first-order valence-electron chi connectivity index (χ1n) is 10.3. The van der Waals surface area contributed by atoms with Gasteiger partial charge in [0.1, 0.15) is 11.9 Å². The Bertz CT molecular complexity index is 855. The molecule has 1 fully saturated rings. The summed E-state index contributed by atoms with van der Waals surface area (Å²) in [6.07, 6.45) is 1.46. The largest absolute Gasteiger partial charge is 0.369 e. The van der Waals surface area contributed by atoms with Crippen LogP contribution in [0.1, 0.15) is 25.6 Å². The van der Waals surface area contributed by atoms with Crippen LogP contribution in [-0.4, -0.2) is 79.1 Å². The molecule has 1 aromatic carbocycles. The Morgan fingerprint density at radius 1 is 1.23 bits per heavy atom. The summed E-state index contributed by atoms with van der Waals surface area (Å²) in [5.74, 6) is 0.410. The second kappa shape index (κ2) is 9.95. The number of hydrogen-bond donors (Lipinski definition) is 0. The van der Waals surface area contributed by atoms with Crippen molar-refractivity contribution in [2.45, 2.75) is 20.0 Å². The molecule has 8 heteroatoms. The van der Waals surface area contributed by atoms with Gasteiger partial charge in [0.05, 0.1) is 18.8 Å². The van der Waals surface area contributed by atoms with Gasteiger partial charge in [-0.15, -0.1) is 0 Å². The van der Waals surface area contributed by atoms with E-state index in [0.29, 0.717) is 45.3 Å². The Morgan fingerprint density at radius 3 is 2.57 bits per heavy atom. The number of anilines is 1. The van der Waals surface area contributed by atoms with Crippen molar-refractivity contribution in [3.8, 4) is 11.1 Å². The van der Waals surface area contributed by atoms with Crippen LogP contribution in [0, 0.1) is 5.82 Å². The lowest BCUT2D eigenvalue weighted by Gasteiger charge is -2.34. The van der Waals surface area contributed by atoms with E-state index in [1.165, 1.54) is 12.1 Å². The van der Waals surface area contributed by atoms with E-state index in [9.17, 15) is 9.18 Å². The lowest BCUT2D eigenvalue weighted by atomic mass is 10.0. The molecule has 2 heterocycles. The maximum atomic E-state index is 13.4. The lowest BCUT2D eigenvalue weighted by Crippen LogP contribution is -2.45. The number of morpholine rings is 1. The van der Waals surface area contributed by atoms with E-state index in [1.807, 2.05) is 37.7 Å². The number of aromatic nitrogens is 2. The highest BCUT2D eigenvalue weighted by molar-refractivity contribution is 5.78. The minimum atomic E-state index is -0.301. The van der Waals surface area contributed by atoms with Gasteiger partial charge in [-0.3, -0.25) is 9.69 Å². The molecule has 0 spiro atoms. The van der Waals surface area contributed by atoms with Gasteiger partial charge in [-0.1, -0.05) is 12.1 Å². The molecule has 0 radical (unpaired) electrons. The monoisotopic (exact) mass is 415 g/mol. The second-order valence-electron chi connectivity index (χ2n) is 7.53. The molecular formula is C22H30FN5O2. The molecular weight excluding hydrogens is 385 g/mol. The topological polar surface area (TPSA) is 61.8 Å². The SMILES string of the molecule is CCN(CC)C(=O)CN1CCO[C@@H](c2nc(N(C)C)ncc2-c2ccc(F)cc2)C1. The summed E-state index contributed by atoms with van der Waals surface area (Å²) in [7, 11) is 3.76. The molecule has 2 aromatic rings. The second-order valence-corrected chi connectivity index (χ2v) is 7.53. The molecule has 162 valence electrons. The van der Waals surface area contributed by atoms with Crippen LogP contribution in [0.2, 0.25) is 0 Å². The molecule has 1 saturated heterocycles. The Balaban J connectivity index is 1.88. The lowest BCUT2D eigenvalue weighted by molar-refractivity contribution is -0.134. The van der Waals surface area contributed by atoms with Crippen LogP contribution in [0.5, 0.6) is 0 Å². The van der Waals surface area contributed by atoms with Crippen LogP contribution in [0.25, 0.3) is 11.1 Å². The maximum absolute atomic E-state index is 13.4. The minimum absolute atomic E-state index is 0.121. The van der Waals surface area contributed by atoms with E-state index in [1.54, 1.807) is 18.3 Å². The summed E-state index contributed by atoms with van der Waals surface area (Å²) >= 11 is 0. The van der Waals surface area contributed by atoms with Gasteiger partial charge in [0.2, 0.25) is 11.9 Å². The van der Waals surface area contributed by atoms with Gasteiger partial charge in [0.15, 0.2) is 0 Å². The first kappa shape index (κ1) is 22.1. The van der Waals surface area contributed by atoms with Gasteiger partial charge in [-0.25, -0.2) is 14.4 Å². The van der Waals surface area contributed by atoms with Crippen molar-refractivity contribution in [3.63, 3.8) is 0 Å². The Hall–Kier alpha value is -2.58. The normalized spacial score (nSPS) is 17.0. The number of amides is 1. The van der Waals surface area contributed by atoms with Crippen molar-refractivity contribution in [2.75, 3.05) is 58.3 Å². The highest BCUT2D eigenvalue weighted by Gasteiger charge is 2.28. The number of halogens is 1. The first-order chi connectivity index (χ1) is 14.4. The summed E-state index contributed by atoms with van der Waals surface area (Å²) in [6.45, 7) is 7.52. The van der Waals surface area contributed by atoms with Crippen molar-refractivity contribution in [3.05, 3.63) is 42.0 Å². The standard InChI is InChI=1S/C22H30FN5O2/c1-5-28(6-2)20(29)15-27-11-12-30-19(14-27)21-18(13-24-22(25-21)26(3)4)16-7-9-17(23)10-8-16/h7-10,13,19H,5-6,11-12,14-15H2,1-4H3/t19-/m1/s1. The predicted octanol–water partition coefficient (Wildman–Crippen LogP) is 2.59. The number of carbonyl (C=O) groups excluding carboxylic acids is 1. The quantitative estimate of drug-likeness (QED) is 0.693. The van der Waals surface area contributed by atoms with Crippen LogP contribution >= 0.6 is 0 Å². The van der Waals surface area contributed by atoms with Crippen molar-refractivity contribution in [2.24, 2.45) is 0 Å². The fraction of sp³-hybridized carbons (Fsp3) is 0.500. The zero-order valence-corrected chi connectivity index (χ0v) is 18.1. The average Bonchev–Trinajstić information content (AvgIpc) is 2.75. The third-order valence-corrected chi connectivity index (χ3v) is 5.29. The van der Waals surface area contributed by atoms with Crippen LogP contribution in [-0.2, 0) is 9.53 Å². The highest BCUT2D eigenvalue weighted by Crippen LogP contribution is 2.31. The number of ether oxygens (including phenoxy) is 1. The van der Waals surface area contributed by atoms with E-state index in [4.69, 9.17) is 9.72 Å². The maximum Gasteiger partial charge on any atom is 0.236 e. The third kappa shape index (κ3) is 5.12. The molecule has 1 amide bonds. The molecule has 7 nitrogen and oxygen atoms in total. The molecule has 1 aliphatic heterocycles. The van der Waals surface area contributed by atoms with Crippen molar-refractivity contribution in [1.29, 1.82) is 0 Å². The summed E-state index contributed by atoms with van der Waals surface area (Å²) in [5.41, 5.74) is 2.39. The summed E-state index contributed by atoms with van der Waals surface area (Å²) in [5, 5.41) is 0. The number of benzene rings is 1. The zero-order chi connectivity index (χ0) is 21.7. The molecule has 1 atom stereocenters. The number of rotatable bonds is 7. The molecule has 30 heavy (non-hydrogen) atoms. The number of hydrogen-bond acceptors (Lipinski definition) is 6. The molecule has 0 saturated carbocycles. The molecule has 0 N–H and O–H groups in total. The van der Waals surface area contributed by atoms with Crippen LogP contribution in [0.3, 0.4) is 0 Å². The highest BCUT2D eigenvalue weighted by atomic mass is 19.1. The Labute approximate surface area is 177 Å². The van der Waals surface area contributed by atoms with Gasteiger partial charge in [0.25, 0.3) is 0 Å². The predicted molar refractivity (Wildman–Crippen MR) is 115 cm³/mol. The zero-order valence-electron chi connectivity index (χ0n) is 18.1. The number of carbonyl (C=O) groups is 1. The molecule has 0 unspecified atom stereocenters. The number of likely N-dealkylation sites (N-methyl/N-ethyl adjacent to an activating group) is 1. The van der Waals surface area contributed by atoms with Gasteiger partial charge in [-0.2, -0.15) is 0 Å². The first-order valence-corrected chi connectivity index (χ1v) is 10.3. The third-order valence-electron chi connectivity index (χ3n) is 5.29. The van der Waals surface area contributed by atoms with Crippen molar-refractivity contribution >= 4 is 11.9 Å². The molecule has 1 aromatic heterocycles. The van der Waals surface area contributed by atoms with E-state index in [2.05, 4.69) is 9.88 Å². The van der Waals surface area contributed by atoms with Gasteiger partial charge in [-0.05, 0) is 31.5 Å². The van der Waals surface area contributed by atoms with E-state index < -0.39 is 0 Å². The van der Waals surface area contributed by atoms with E-state index >= 15 is 0 Å².